The van der Waals surface area contributed by atoms with E-state index in [0.29, 0.717) is 22.0 Å². The van der Waals surface area contributed by atoms with Gasteiger partial charge in [-0.25, -0.2) is 8.42 Å². The molecule has 0 aromatic heterocycles. The second kappa shape index (κ2) is 13.1. The predicted molar refractivity (Wildman–Crippen MR) is 147 cm³/mol. The van der Waals surface area contributed by atoms with E-state index >= 15 is 0 Å². The topological polar surface area (TPSA) is 86.8 Å². The zero-order chi connectivity index (χ0) is 27.2. The van der Waals surface area contributed by atoms with E-state index in [9.17, 15) is 18.0 Å². The van der Waals surface area contributed by atoms with E-state index in [0.717, 1.165) is 42.0 Å². The zero-order valence-corrected chi connectivity index (χ0v) is 23.9. The first kappa shape index (κ1) is 29.4. The van der Waals surface area contributed by atoms with E-state index in [1.54, 1.807) is 30.3 Å². The van der Waals surface area contributed by atoms with Crippen molar-refractivity contribution in [1.29, 1.82) is 0 Å². The van der Waals surface area contributed by atoms with Crippen LogP contribution in [0.15, 0.2) is 47.4 Å². The van der Waals surface area contributed by atoms with Crippen LogP contribution in [0, 0.1) is 6.92 Å². The number of amides is 2. The maximum Gasteiger partial charge on any atom is 0.243 e. The number of benzene rings is 2. The first-order valence-corrected chi connectivity index (χ1v) is 14.8. The highest BCUT2D eigenvalue weighted by Gasteiger charge is 2.33. The Morgan fingerprint density at radius 1 is 1.03 bits per heavy atom. The lowest BCUT2D eigenvalue weighted by Crippen LogP contribution is -2.53. The molecule has 0 spiro atoms. The average Bonchev–Trinajstić information content (AvgIpc) is 2.86. The minimum absolute atomic E-state index is 0.0850. The SMILES string of the molecule is CC[C@H](C(=O)NC1CCCCC1)N(Cc1ccc(Cl)c(Cl)c1)C(=O)CN(C)S(=O)(=O)c1ccc(C)cc1. The Kier molecular flexibility index (Phi) is 10.4. The van der Waals surface area contributed by atoms with Gasteiger partial charge in [-0.1, -0.05) is 73.2 Å². The van der Waals surface area contributed by atoms with E-state index in [1.165, 1.54) is 24.1 Å². The summed E-state index contributed by atoms with van der Waals surface area (Å²) in [6.07, 6.45) is 5.50. The van der Waals surface area contributed by atoms with Crippen molar-refractivity contribution in [3.05, 3.63) is 63.6 Å². The number of carbonyl (C=O) groups is 2. The van der Waals surface area contributed by atoms with Gasteiger partial charge in [0.15, 0.2) is 0 Å². The number of hydrogen-bond acceptors (Lipinski definition) is 4. The van der Waals surface area contributed by atoms with Crippen molar-refractivity contribution >= 4 is 45.0 Å². The van der Waals surface area contributed by atoms with Crippen molar-refractivity contribution in [2.24, 2.45) is 0 Å². The fraction of sp³-hybridized carbons (Fsp3) is 0.481. The van der Waals surface area contributed by atoms with Crippen LogP contribution in [-0.4, -0.2) is 55.1 Å². The van der Waals surface area contributed by atoms with Crippen LogP contribution in [0.1, 0.15) is 56.6 Å². The standard InChI is InChI=1S/C27H35Cl2N3O4S/c1-4-25(27(34)30-21-8-6-5-7-9-21)32(17-20-12-15-23(28)24(29)16-20)26(33)18-31(3)37(35,36)22-13-10-19(2)11-14-22/h10-16,21,25H,4-9,17-18H2,1-3H3,(H,30,34)/t25-/m1/s1. The number of likely N-dealkylation sites (N-methyl/N-ethyl adjacent to an activating group) is 1. The number of rotatable bonds is 10. The molecule has 1 aliphatic rings. The Bertz CT molecular complexity index is 1200. The van der Waals surface area contributed by atoms with Crippen LogP contribution in [-0.2, 0) is 26.2 Å². The maximum absolute atomic E-state index is 13.6. The third-order valence-corrected chi connectivity index (χ3v) is 9.32. The highest BCUT2D eigenvalue weighted by Crippen LogP contribution is 2.25. The van der Waals surface area contributed by atoms with Crippen LogP contribution in [0.25, 0.3) is 0 Å². The second-order valence-corrected chi connectivity index (χ2v) is 12.5. The van der Waals surface area contributed by atoms with Gasteiger partial charge in [-0.15, -0.1) is 0 Å². The van der Waals surface area contributed by atoms with E-state index in [4.69, 9.17) is 23.2 Å². The average molecular weight is 569 g/mol. The summed E-state index contributed by atoms with van der Waals surface area (Å²) < 4.78 is 27.3. The third kappa shape index (κ3) is 7.69. The second-order valence-electron chi connectivity index (χ2n) is 9.61. The summed E-state index contributed by atoms with van der Waals surface area (Å²) in [4.78, 5) is 28.5. The number of aryl methyl sites for hydroxylation is 1. The predicted octanol–water partition coefficient (Wildman–Crippen LogP) is 5.18. The number of hydrogen-bond donors (Lipinski definition) is 1. The molecular weight excluding hydrogens is 533 g/mol. The molecule has 0 radical (unpaired) electrons. The lowest BCUT2D eigenvalue weighted by molar-refractivity contribution is -0.141. The Morgan fingerprint density at radius 2 is 1.68 bits per heavy atom. The molecule has 202 valence electrons. The number of halogens is 2. The maximum atomic E-state index is 13.6. The monoisotopic (exact) mass is 567 g/mol. The van der Waals surface area contributed by atoms with Crippen molar-refractivity contribution in [2.75, 3.05) is 13.6 Å². The molecule has 2 aromatic carbocycles. The van der Waals surface area contributed by atoms with Gasteiger partial charge in [0.2, 0.25) is 21.8 Å². The quantitative estimate of drug-likeness (QED) is 0.428. The first-order chi connectivity index (χ1) is 17.5. The summed E-state index contributed by atoms with van der Waals surface area (Å²) in [5.74, 6) is -0.707. The van der Waals surface area contributed by atoms with E-state index in [2.05, 4.69) is 5.32 Å². The normalized spacial score (nSPS) is 15.4. The minimum atomic E-state index is -3.90. The molecule has 1 fully saturated rings. The molecule has 0 aliphatic heterocycles. The van der Waals surface area contributed by atoms with Crippen molar-refractivity contribution < 1.29 is 18.0 Å². The minimum Gasteiger partial charge on any atom is -0.352 e. The molecule has 0 saturated heterocycles. The molecule has 1 atom stereocenters. The molecule has 1 aliphatic carbocycles. The fourth-order valence-electron chi connectivity index (χ4n) is 4.55. The van der Waals surface area contributed by atoms with Crippen LogP contribution in [0.5, 0.6) is 0 Å². The summed E-state index contributed by atoms with van der Waals surface area (Å²) in [6, 6.07) is 10.8. The third-order valence-electron chi connectivity index (χ3n) is 6.76. The Hall–Kier alpha value is -2.13. The van der Waals surface area contributed by atoms with Crippen LogP contribution in [0.4, 0.5) is 0 Å². The number of sulfonamides is 1. The van der Waals surface area contributed by atoms with Gasteiger partial charge in [-0.2, -0.15) is 4.31 Å². The molecule has 2 amide bonds. The van der Waals surface area contributed by atoms with Crippen LogP contribution in [0.2, 0.25) is 10.0 Å². The van der Waals surface area contributed by atoms with Gasteiger partial charge < -0.3 is 10.2 Å². The van der Waals surface area contributed by atoms with Gasteiger partial charge in [0.05, 0.1) is 21.5 Å². The molecule has 7 nitrogen and oxygen atoms in total. The summed E-state index contributed by atoms with van der Waals surface area (Å²) in [5.41, 5.74) is 1.62. The van der Waals surface area contributed by atoms with Gasteiger partial charge in [0.25, 0.3) is 0 Å². The van der Waals surface area contributed by atoms with Gasteiger partial charge in [-0.05, 0) is 56.0 Å². The van der Waals surface area contributed by atoms with Crippen molar-refractivity contribution in [1.82, 2.24) is 14.5 Å². The highest BCUT2D eigenvalue weighted by molar-refractivity contribution is 7.89. The van der Waals surface area contributed by atoms with Gasteiger partial charge in [0.1, 0.15) is 6.04 Å². The number of nitrogens with one attached hydrogen (secondary N) is 1. The van der Waals surface area contributed by atoms with Crippen LogP contribution >= 0.6 is 23.2 Å². The van der Waals surface area contributed by atoms with E-state index in [1.807, 2.05) is 13.8 Å². The molecule has 1 saturated carbocycles. The summed E-state index contributed by atoms with van der Waals surface area (Å²) in [6.45, 7) is 3.39. The van der Waals surface area contributed by atoms with Crippen LogP contribution < -0.4 is 5.32 Å². The fourth-order valence-corrected chi connectivity index (χ4v) is 6.00. The lowest BCUT2D eigenvalue weighted by Gasteiger charge is -2.33. The van der Waals surface area contributed by atoms with Crippen molar-refractivity contribution in [3.8, 4) is 0 Å². The molecule has 3 rings (SSSR count). The van der Waals surface area contributed by atoms with Crippen LogP contribution in [0.3, 0.4) is 0 Å². The van der Waals surface area contributed by atoms with Gasteiger partial charge in [0, 0.05) is 19.6 Å². The Morgan fingerprint density at radius 3 is 2.27 bits per heavy atom. The van der Waals surface area contributed by atoms with E-state index < -0.39 is 28.5 Å². The smallest absolute Gasteiger partial charge is 0.243 e. The van der Waals surface area contributed by atoms with Gasteiger partial charge in [-0.3, -0.25) is 9.59 Å². The summed E-state index contributed by atoms with van der Waals surface area (Å²) >= 11 is 12.3. The number of carbonyl (C=O) groups excluding carboxylic acids is 2. The molecule has 37 heavy (non-hydrogen) atoms. The largest absolute Gasteiger partial charge is 0.352 e. The zero-order valence-electron chi connectivity index (χ0n) is 21.5. The summed E-state index contributed by atoms with van der Waals surface area (Å²) in [5, 5.41) is 3.84. The molecule has 0 bridgehead atoms. The lowest BCUT2D eigenvalue weighted by atomic mass is 9.95. The highest BCUT2D eigenvalue weighted by atomic mass is 35.5. The molecule has 10 heteroatoms. The van der Waals surface area contributed by atoms with Crippen molar-refractivity contribution in [3.63, 3.8) is 0 Å². The molecule has 0 unspecified atom stereocenters. The van der Waals surface area contributed by atoms with Crippen molar-refractivity contribution in [2.45, 2.75) is 75.9 Å². The molecular formula is C27H35Cl2N3O4S. The Balaban J connectivity index is 1.85. The summed E-state index contributed by atoms with van der Waals surface area (Å²) in [7, 11) is -2.53. The molecule has 1 N–H and O–H groups in total. The van der Waals surface area contributed by atoms with Gasteiger partial charge >= 0.3 is 0 Å². The van der Waals surface area contributed by atoms with E-state index in [-0.39, 0.29) is 23.4 Å². The molecule has 2 aromatic rings. The number of nitrogens with zero attached hydrogens (tertiary/aromatic N) is 2. The first-order valence-electron chi connectivity index (χ1n) is 12.6. The molecule has 0 heterocycles. The Labute approximate surface area is 230 Å².